The molecule has 0 fully saturated rings. The summed E-state index contributed by atoms with van der Waals surface area (Å²) in [7, 11) is 0. The van der Waals surface area contributed by atoms with E-state index in [-0.39, 0.29) is 0 Å². The van der Waals surface area contributed by atoms with Gasteiger partial charge in [0.15, 0.2) is 6.10 Å². The van der Waals surface area contributed by atoms with Crippen LogP contribution in [0.1, 0.15) is 39.0 Å². The molecule has 0 saturated carbocycles. The SMILES string of the molecule is C=CCCCCCC=CC(O)C#CC#CC(C=C)OC(C)=O. The van der Waals surface area contributed by atoms with E-state index in [4.69, 9.17) is 4.74 Å². The van der Waals surface area contributed by atoms with Gasteiger partial charge in [-0.15, -0.1) is 6.58 Å². The second-order valence-electron chi connectivity index (χ2n) is 4.60. The first-order valence-electron chi connectivity index (χ1n) is 7.36. The van der Waals surface area contributed by atoms with Crippen LogP contribution in [-0.4, -0.2) is 23.3 Å². The number of ether oxygens (including phenoxy) is 1. The number of rotatable bonds is 9. The Morgan fingerprint density at radius 1 is 1.18 bits per heavy atom. The normalized spacial score (nSPS) is 12.3. The molecule has 3 nitrogen and oxygen atoms in total. The molecule has 0 bridgehead atoms. The van der Waals surface area contributed by atoms with Crippen LogP contribution in [-0.2, 0) is 9.53 Å². The number of hydrogen-bond donors (Lipinski definition) is 1. The van der Waals surface area contributed by atoms with Crippen molar-refractivity contribution in [3.05, 3.63) is 37.5 Å². The zero-order valence-corrected chi connectivity index (χ0v) is 13.2. The Morgan fingerprint density at radius 3 is 2.50 bits per heavy atom. The van der Waals surface area contributed by atoms with Crippen molar-refractivity contribution in [2.75, 3.05) is 0 Å². The number of esters is 1. The Bertz CT molecular complexity index is 494. The molecule has 2 unspecified atom stereocenters. The predicted octanol–water partition coefficient (Wildman–Crippen LogP) is 3.16. The zero-order valence-electron chi connectivity index (χ0n) is 13.2. The van der Waals surface area contributed by atoms with E-state index >= 15 is 0 Å². The van der Waals surface area contributed by atoms with Crippen LogP contribution in [0.15, 0.2) is 37.5 Å². The number of aliphatic hydroxyl groups excluding tert-OH is 1. The first-order chi connectivity index (χ1) is 10.6. The molecular formula is C19H24O3. The standard InChI is InChI=1S/C19H24O3/c1-4-6-7-8-9-10-11-14-18(21)15-12-13-16-19(5-2)22-17(3)20/h4-5,11,14,18-19,21H,1-2,6-10H2,3H3. The van der Waals surface area contributed by atoms with E-state index in [0.717, 1.165) is 32.1 Å². The predicted molar refractivity (Wildman–Crippen MR) is 89.7 cm³/mol. The summed E-state index contributed by atoms with van der Waals surface area (Å²) >= 11 is 0. The van der Waals surface area contributed by atoms with Gasteiger partial charge in [-0.05, 0) is 55.6 Å². The minimum Gasteiger partial charge on any atom is -0.445 e. The molecule has 0 aromatic heterocycles. The lowest BCUT2D eigenvalue weighted by Crippen LogP contribution is -2.10. The lowest BCUT2D eigenvalue weighted by Gasteiger charge is -2.03. The van der Waals surface area contributed by atoms with Gasteiger partial charge in [0.2, 0.25) is 0 Å². The number of unbranched alkanes of at least 4 members (excludes halogenated alkanes) is 4. The van der Waals surface area contributed by atoms with Gasteiger partial charge < -0.3 is 9.84 Å². The van der Waals surface area contributed by atoms with Crippen LogP contribution >= 0.6 is 0 Å². The first-order valence-corrected chi connectivity index (χ1v) is 7.36. The minimum absolute atomic E-state index is 0.428. The fourth-order valence-electron chi connectivity index (χ4n) is 1.53. The van der Waals surface area contributed by atoms with E-state index in [0.29, 0.717) is 0 Å². The first kappa shape index (κ1) is 19.8. The molecule has 0 aromatic rings. The number of hydrogen-bond acceptors (Lipinski definition) is 3. The quantitative estimate of drug-likeness (QED) is 0.308. The van der Waals surface area contributed by atoms with Crippen LogP contribution in [0, 0.1) is 23.7 Å². The fraction of sp³-hybridized carbons (Fsp3) is 0.421. The van der Waals surface area contributed by atoms with Crippen LogP contribution in [0.2, 0.25) is 0 Å². The Labute approximate surface area is 133 Å². The Morgan fingerprint density at radius 2 is 1.86 bits per heavy atom. The summed E-state index contributed by atoms with van der Waals surface area (Å²) in [6.07, 6.45) is 10.8. The molecular weight excluding hydrogens is 276 g/mol. The summed E-state index contributed by atoms with van der Waals surface area (Å²) in [6.45, 7) is 8.49. The Kier molecular flexibility index (Phi) is 12.3. The van der Waals surface area contributed by atoms with Gasteiger partial charge in [0, 0.05) is 6.92 Å². The second-order valence-corrected chi connectivity index (χ2v) is 4.60. The maximum absolute atomic E-state index is 10.8. The van der Waals surface area contributed by atoms with Crippen molar-refractivity contribution in [2.24, 2.45) is 0 Å². The molecule has 0 aliphatic carbocycles. The van der Waals surface area contributed by atoms with Crippen molar-refractivity contribution in [2.45, 2.75) is 51.2 Å². The summed E-state index contributed by atoms with van der Waals surface area (Å²) < 4.78 is 4.85. The molecule has 0 radical (unpaired) electrons. The van der Waals surface area contributed by atoms with Gasteiger partial charge in [-0.3, -0.25) is 4.79 Å². The lowest BCUT2D eigenvalue weighted by atomic mass is 10.1. The van der Waals surface area contributed by atoms with E-state index in [1.54, 1.807) is 6.08 Å². The topological polar surface area (TPSA) is 46.5 Å². The molecule has 118 valence electrons. The van der Waals surface area contributed by atoms with Crippen molar-refractivity contribution in [1.29, 1.82) is 0 Å². The zero-order chi connectivity index (χ0) is 16.6. The van der Waals surface area contributed by atoms with E-state index in [1.807, 2.05) is 12.2 Å². The molecule has 0 heterocycles. The van der Waals surface area contributed by atoms with Crippen molar-refractivity contribution in [3.8, 4) is 23.7 Å². The van der Waals surface area contributed by atoms with Crippen LogP contribution in [0.3, 0.4) is 0 Å². The van der Waals surface area contributed by atoms with Crippen molar-refractivity contribution >= 4 is 5.97 Å². The maximum atomic E-state index is 10.8. The summed E-state index contributed by atoms with van der Waals surface area (Å²) in [4.78, 5) is 10.8. The highest BCUT2D eigenvalue weighted by atomic mass is 16.5. The molecule has 0 amide bonds. The van der Waals surface area contributed by atoms with E-state index < -0.39 is 18.2 Å². The summed E-state index contributed by atoms with van der Waals surface area (Å²) in [5, 5.41) is 9.61. The highest BCUT2D eigenvalue weighted by molar-refractivity contribution is 5.66. The third-order valence-corrected chi connectivity index (χ3v) is 2.60. The van der Waals surface area contributed by atoms with Crippen molar-refractivity contribution < 1.29 is 14.6 Å². The van der Waals surface area contributed by atoms with Gasteiger partial charge in [0.05, 0.1) is 0 Å². The number of carbonyl (C=O) groups excluding carboxylic acids is 1. The van der Waals surface area contributed by atoms with E-state index in [1.165, 1.54) is 13.0 Å². The third-order valence-electron chi connectivity index (χ3n) is 2.60. The highest BCUT2D eigenvalue weighted by Gasteiger charge is 2.01. The number of allylic oxidation sites excluding steroid dienone is 2. The number of aliphatic hydroxyl groups is 1. The molecule has 0 spiro atoms. The second kappa shape index (κ2) is 13.7. The van der Waals surface area contributed by atoms with Crippen LogP contribution in [0.4, 0.5) is 0 Å². The Balaban J connectivity index is 4.06. The van der Waals surface area contributed by atoms with Gasteiger partial charge >= 0.3 is 5.97 Å². The van der Waals surface area contributed by atoms with Gasteiger partial charge in [0.25, 0.3) is 0 Å². The van der Waals surface area contributed by atoms with Crippen LogP contribution < -0.4 is 0 Å². The highest BCUT2D eigenvalue weighted by Crippen LogP contribution is 2.04. The van der Waals surface area contributed by atoms with Gasteiger partial charge in [-0.2, -0.15) is 0 Å². The average Bonchev–Trinajstić information content (AvgIpc) is 2.49. The molecule has 3 heteroatoms. The summed E-state index contributed by atoms with van der Waals surface area (Å²) in [5.74, 6) is 9.84. The van der Waals surface area contributed by atoms with E-state index in [9.17, 15) is 9.90 Å². The van der Waals surface area contributed by atoms with Crippen molar-refractivity contribution in [3.63, 3.8) is 0 Å². The van der Waals surface area contributed by atoms with Crippen LogP contribution in [0.5, 0.6) is 0 Å². The molecule has 2 atom stereocenters. The lowest BCUT2D eigenvalue weighted by molar-refractivity contribution is -0.142. The molecule has 22 heavy (non-hydrogen) atoms. The molecule has 0 aliphatic rings. The van der Waals surface area contributed by atoms with Gasteiger partial charge in [-0.1, -0.05) is 31.1 Å². The van der Waals surface area contributed by atoms with Gasteiger partial charge in [-0.25, -0.2) is 0 Å². The van der Waals surface area contributed by atoms with E-state index in [2.05, 4.69) is 36.8 Å². The molecule has 1 N–H and O–H groups in total. The minimum atomic E-state index is -0.835. The average molecular weight is 300 g/mol. The third kappa shape index (κ3) is 12.8. The van der Waals surface area contributed by atoms with Gasteiger partial charge in [0.1, 0.15) is 6.10 Å². The largest absolute Gasteiger partial charge is 0.445 e. The van der Waals surface area contributed by atoms with Crippen LogP contribution in [0.25, 0.3) is 0 Å². The molecule has 0 rings (SSSR count). The molecule has 0 saturated heterocycles. The maximum Gasteiger partial charge on any atom is 0.304 e. The number of carbonyl (C=O) groups is 1. The van der Waals surface area contributed by atoms with Crippen molar-refractivity contribution in [1.82, 2.24) is 0 Å². The smallest absolute Gasteiger partial charge is 0.304 e. The molecule has 0 aliphatic heterocycles. The monoisotopic (exact) mass is 300 g/mol. The summed E-state index contributed by atoms with van der Waals surface area (Å²) in [6, 6.07) is 0. The molecule has 0 aromatic carbocycles. The Hall–Kier alpha value is -2.23. The summed E-state index contributed by atoms with van der Waals surface area (Å²) in [5.41, 5.74) is 0. The fourth-order valence-corrected chi connectivity index (χ4v) is 1.53.